The summed E-state index contributed by atoms with van der Waals surface area (Å²) in [6.07, 6.45) is 2.19. The molecule has 1 unspecified atom stereocenters. The summed E-state index contributed by atoms with van der Waals surface area (Å²) in [4.78, 5) is 11.6. The van der Waals surface area contributed by atoms with Crippen molar-refractivity contribution in [3.8, 4) is 0 Å². The van der Waals surface area contributed by atoms with Gasteiger partial charge < -0.3 is 15.4 Å². The highest BCUT2D eigenvalue weighted by Crippen LogP contribution is 2.09. The first kappa shape index (κ1) is 11.5. The summed E-state index contributed by atoms with van der Waals surface area (Å²) in [7, 11) is 1.65. The monoisotopic (exact) mass is 200 g/mol. The van der Waals surface area contributed by atoms with Crippen LogP contribution < -0.4 is 10.6 Å². The van der Waals surface area contributed by atoms with Crippen LogP contribution in [0.5, 0.6) is 0 Å². The quantitative estimate of drug-likeness (QED) is 0.678. The molecule has 4 nitrogen and oxygen atoms in total. The lowest BCUT2D eigenvalue weighted by molar-refractivity contribution is -0.126. The Hall–Kier alpha value is -0.610. The molecule has 0 aromatic heterocycles. The molecule has 2 atom stereocenters. The molecule has 1 amide bonds. The molecule has 0 bridgehead atoms. The third-order valence-electron chi connectivity index (χ3n) is 2.63. The molecule has 1 rings (SSSR count). The van der Waals surface area contributed by atoms with Crippen LogP contribution in [0.4, 0.5) is 0 Å². The summed E-state index contributed by atoms with van der Waals surface area (Å²) < 4.78 is 5.06. The van der Waals surface area contributed by atoms with Crippen molar-refractivity contribution < 1.29 is 9.53 Å². The lowest BCUT2D eigenvalue weighted by Gasteiger charge is -2.22. The maximum absolute atomic E-state index is 11.6. The van der Waals surface area contributed by atoms with Gasteiger partial charge in [-0.1, -0.05) is 0 Å². The number of carbonyl (C=O) groups is 1. The zero-order chi connectivity index (χ0) is 10.4. The van der Waals surface area contributed by atoms with E-state index in [9.17, 15) is 4.79 Å². The predicted octanol–water partition coefficient (Wildman–Crippen LogP) is 0.137. The first-order valence-electron chi connectivity index (χ1n) is 5.25. The first-order valence-corrected chi connectivity index (χ1v) is 5.25. The summed E-state index contributed by atoms with van der Waals surface area (Å²) in [6.45, 7) is 4.40. The van der Waals surface area contributed by atoms with Gasteiger partial charge in [0.15, 0.2) is 0 Å². The summed E-state index contributed by atoms with van der Waals surface area (Å²) >= 11 is 0. The molecule has 1 heterocycles. The summed E-state index contributed by atoms with van der Waals surface area (Å²) in [5, 5.41) is 6.12. The van der Waals surface area contributed by atoms with Crippen molar-refractivity contribution in [1.82, 2.24) is 10.6 Å². The fourth-order valence-electron chi connectivity index (χ4n) is 1.55. The zero-order valence-electron chi connectivity index (χ0n) is 9.01. The van der Waals surface area contributed by atoms with Crippen LogP contribution in [-0.4, -0.2) is 38.8 Å². The number of rotatable bonds is 4. The molecule has 0 aliphatic carbocycles. The van der Waals surface area contributed by atoms with E-state index >= 15 is 0 Å². The Morgan fingerprint density at radius 3 is 3.07 bits per heavy atom. The second-order valence-corrected chi connectivity index (χ2v) is 3.83. The number of hydrogen-bond acceptors (Lipinski definition) is 3. The van der Waals surface area contributed by atoms with Crippen LogP contribution in [0.2, 0.25) is 0 Å². The van der Waals surface area contributed by atoms with Crippen molar-refractivity contribution in [2.75, 3.05) is 26.7 Å². The molecular formula is C10H20N2O2. The topological polar surface area (TPSA) is 50.4 Å². The lowest BCUT2D eigenvalue weighted by Crippen LogP contribution is -2.42. The maximum atomic E-state index is 11.6. The van der Waals surface area contributed by atoms with Gasteiger partial charge in [0.2, 0.25) is 5.91 Å². The van der Waals surface area contributed by atoms with E-state index in [1.807, 2.05) is 6.92 Å². The zero-order valence-corrected chi connectivity index (χ0v) is 9.01. The van der Waals surface area contributed by atoms with Crippen LogP contribution in [-0.2, 0) is 9.53 Å². The smallest absolute Gasteiger partial charge is 0.224 e. The van der Waals surface area contributed by atoms with Crippen LogP contribution in [0.3, 0.4) is 0 Å². The lowest BCUT2D eigenvalue weighted by atomic mass is 9.99. The minimum Gasteiger partial charge on any atom is -0.380 e. The number of nitrogens with one attached hydrogen (secondary N) is 2. The van der Waals surface area contributed by atoms with Crippen molar-refractivity contribution in [2.45, 2.75) is 25.9 Å². The standard InChI is InChI=1S/C10H20N2O2/c1-8(14-2)6-12-10(13)9-4-3-5-11-7-9/h8-9,11H,3-7H2,1-2H3,(H,12,13)/t8?,9-/m1/s1. The maximum Gasteiger partial charge on any atom is 0.224 e. The Bertz CT molecular complexity index is 179. The Morgan fingerprint density at radius 1 is 1.71 bits per heavy atom. The molecule has 0 aromatic rings. The molecule has 1 saturated heterocycles. The molecule has 0 spiro atoms. The number of amides is 1. The normalized spacial score (nSPS) is 24.3. The van der Waals surface area contributed by atoms with Crippen LogP contribution in [0.1, 0.15) is 19.8 Å². The highest BCUT2D eigenvalue weighted by molar-refractivity contribution is 5.78. The minimum atomic E-state index is 0.0931. The molecule has 4 heteroatoms. The Balaban J connectivity index is 2.19. The molecule has 1 fully saturated rings. The number of methoxy groups -OCH3 is 1. The Morgan fingerprint density at radius 2 is 2.50 bits per heavy atom. The fourth-order valence-corrected chi connectivity index (χ4v) is 1.55. The van der Waals surface area contributed by atoms with E-state index in [2.05, 4.69) is 10.6 Å². The molecule has 1 aliphatic rings. The highest BCUT2D eigenvalue weighted by atomic mass is 16.5. The second-order valence-electron chi connectivity index (χ2n) is 3.83. The molecule has 82 valence electrons. The van der Waals surface area contributed by atoms with Gasteiger partial charge in [0.1, 0.15) is 0 Å². The van der Waals surface area contributed by atoms with Gasteiger partial charge in [0.25, 0.3) is 0 Å². The number of carbonyl (C=O) groups excluding carboxylic acids is 1. The van der Waals surface area contributed by atoms with Gasteiger partial charge in [0, 0.05) is 20.2 Å². The molecule has 14 heavy (non-hydrogen) atoms. The van der Waals surface area contributed by atoms with E-state index in [-0.39, 0.29) is 17.9 Å². The number of piperidine rings is 1. The summed E-state index contributed by atoms with van der Waals surface area (Å²) in [5.74, 6) is 0.300. The van der Waals surface area contributed by atoms with Gasteiger partial charge in [-0.25, -0.2) is 0 Å². The van der Waals surface area contributed by atoms with Gasteiger partial charge in [-0.15, -0.1) is 0 Å². The van der Waals surface area contributed by atoms with Crippen LogP contribution in [0.15, 0.2) is 0 Å². The summed E-state index contributed by atoms with van der Waals surface area (Å²) in [6, 6.07) is 0. The van der Waals surface area contributed by atoms with E-state index < -0.39 is 0 Å². The van der Waals surface area contributed by atoms with E-state index in [1.165, 1.54) is 0 Å². The fraction of sp³-hybridized carbons (Fsp3) is 0.900. The van der Waals surface area contributed by atoms with Crippen molar-refractivity contribution in [3.63, 3.8) is 0 Å². The van der Waals surface area contributed by atoms with E-state index in [0.717, 1.165) is 25.9 Å². The highest BCUT2D eigenvalue weighted by Gasteiger charge is 2.20. The largest absolute Gasteiger partial charge is 0.380 e. The van der Waals surface area contributed by atoms with Gasteiger partial charge in [-0.2, -0.15) is 0 Å². The van der Waals surface area contributed by atoms with Gasteiger partial charge >= 0.3 is 0 Å². The van der Waals surface area contributed by atoms with Gasteiger partial charge in [-0.3, -0.25) is 4.79 Å². The molecule has 0 aromatic carbocycles. The molecule has 0 saturated carbocycles. The van der Waals surface area contributed by atoms with E-state index in [4.69, 9.17) is 4.74 Å². The van der Waals surface area contributed by atoms with Crippen molar-refractivity contribution >= 4 is 5.91 Å². The van der Waals surface area contributed by atoms with Crippen molar-refractivity contribution in [2.24, 2.45) is 5.92 Å². The number of hydrogen-bond donors (Lipinski definition) is 2. The van der Waals surface area contributed by atoms with Crippen LogP contribution >= 0.6 is 0 Å². The van der Waals surface area contributed by atoms with E-state index in [1.54, 1.807) is 7.11 Å². The van der Waals surface area contributed by atoms with Crippen LogP contribution in [0, 0.1) is 5.92 Å². The van der Waals surface area contributed by atoms with Crippen molar-refractivity contribution in [3.05, 3.63) is 0 Å². The SMILES string of the molecule is COC(C)CNC(=O)[C@@H]1CCCNC1. The first-order chi connectivity index (χ1) is 6.74. The molecule has 1 aliphatic heterocycles. The second kappa shape index (κ2) is 5.98. The number of ether oxygens (including phenoxy) is 1. The summed E-state index contributed by atoms with van der Waals surface area (Å²) in [5.41, 5.74) is 0. The Kier molecular flexibility index (Phi) is 4.90. The Labute approximate surface area is 85.4 Å². The molecule has 2 N–H and O–H groups in total. The average molecular weight is 200 g/mol. The van der Waals surface area contributed by atoms with Crippen molar-refractivity contribution in [1.29, 1.82) is 0 Å². The molecular weight excluding hydrogens is 180 g/mol. The van der Waals surface area contributed by atoms with E-state index in [0.29, 0.717) is 6.54 Å². The predicted molar refractivity (Wildman–Crippen MR) is 55.1 cm³/mol. The van der Waals surface area contributed by atoms with Crippen LogP contribution in [0.25, 0.3) is 0 Å². The third-order valence-corrected chi connectivity index (χ3v) is 2.63. The third kappa shape index (κ3) is 3.64. The average Bonchev–Trinajstić information content (AvgIpc) is 2.26. The van der Waals surface area contributed by atoms with Gasteiger partial charge in [0.05, 0.1) is 12.0 Å². The minimum absolute atomic E-state index is 0.0931. The molecule has 0 radical (unpaired) electrons. The van der Waals surface area contributed by atoms with Gasteiger partial charge in [-0.05, 0) is 26.3 Å².